The molecule has 118 valence electrons. The molecule has 0 radical (unpaired) electrons. The van der Waals surface area contributed by atoms with E-state index in [2.05, 4.69) is 5.32 Å². The van der Waals surface area contributed by atoms with Crippen molar-refractivity contribution in [3.63, 3.8) is 0 Å². The SMILES string of the molecule is CN1C(=O)c2ccccc2N(C)P1(=O)C(=O)Nc1ccccc1. The minimum Gasteiger partial charge on any atom is -0.316 e. The summed E-state index contributed by atoms with van der Waals surface area (Å²) in [4.78, 5) is 25.1. The molecular formula is C16H16N3O3P. The molecule has 0 aliphatic carbocycles. The molecule has 1 unspecified atom stereocenters. The average Bonchev–Trinajstić information content (AvgIpc) is 2.59. The van der Waals surface area contributed by atoms with E-state index < -0.39 is 19.0 Å². The van der Waals surface area contributed by atoms with Crippen molar-refractivity contribution < 1.29 is 14.2 Å². The first kappa shape index (κ1) is 15.3. The standard InChI is InChI=1S/C16H16N3O3P/c1-18-14-11-7-6-10-13(14)15(20)19(2)23(18,22)16(21)17-12-8-4-3-5-9-12/h3-11H,1-2H3,(H,17,21). The van der Waals surface area contributed by atoms with E-state index in [-0.39, 0.29) is 0 Å². The Morgan fingerprint density at radius 2 is 1.57 bits per heavy atom. The topological polar surface area (TPSA) is 69.7 Å². The van der Waals surface area contributed by atoms with Gasteiger partial charge in [0.1, 0.15) is 0 Å². The van der Waals surface area contributed by atoms with Crippen LogP contribution < -0.4 is 9.99 Å². The zero-order valence-electron chi connectivity index (χ0n) is 12.8. The Morgan fingerprint density at radius 3 is 2.26 bits per heavy atom. The van der Waals surface area contributed by atoms with Crippen LogP contribution in [0.3, 0.4) is 0 Å². The molecule has 1 atom stereocenters. The molecule has 3 rings (SSSR count). The van der Waals surface area contributed by atoms with Crippen LogP contribution in [0.25, 0.3) is 0 Å². The summed E-state index contributed by atoms with van der Waals surface area (Å²) in [6.07, 6.45) is 0. The highest BCUT2D eigenvalue weighted by atomic mass is 31.2. The first-order valence-electron chi connectivity index (χ1n) is 7.04. The van der Waals surface area contributed by atoms with Gasteiger partial charge in [-0.2, -0.15) is 0 Å². The van der Waals surface area contributed by atoms with Gasteiger partial charge in [0.15, 0.2) is 0 Å². The Balaban J connectivity index is 2.02. The van der Waals surface area contributed by atoms with E-state index >= 15 is 0 Å². The van der Waals surface area contributed by atoms with E-state index in [1.54, 1.807) is 55.6 Å². The molecule has 1 heterocycles. The van der Waals surface area contributed by atoms with Crippen molar-refractivity contribution in [1.82, 2.24) is 4.67 Å². The number of amides is 2. The summed E-state index contributed by atoms with van der Waals surface area (Å²) < 4.78 is 15.8. The van der Waals surface area contributed by atoms with Gasteiger partial charge in [-0.3, -0.25) is 18.8 Å². The van der Waals surface area contributed by atoms with Gasteiger partial charge < -0.3 is 9.99 Å². The molecule has 7 heteroatoms. The lowest BCUT2D eigenvalue weighted by molar-refractivity contribution is 0.0877. The number of nitrogens with one attached hydrogen (secondary N) is 1. The number of fused-ring (bicyclic) bond motifs is 1. The monoisotopic (exact) mass is 329 g/mol. The quantitative estimate of drug-likeness (QED) is 0.854. The zero-order chi connectivity index (χ0) is 16.6. The van der Waals surface area contributed by atoms with Gasteiger partial charge in [0.2, 0.25) is 0 Å². The summed E-state index contributed by atoms with van der Waals surface area (Å²) in [6.45, 7) is 0. The molecule has 0 aromatic heterocycles. The van der Waals surface area contributed by atoms with Crippen LogP contribution in [0.2, 0.25) is 0 Å². The van der Waals surface area contributed by atoms with Crippen LogP contribution in [-0.4, -0.2) is 30.3 Å². The third-order valence-electron chi connectivity index (χ3n) is 3.88. The van der Waals surface area contributed by atoms with Gasteiger partial charge in [-0.1, -0.05) is 30.3 Å². The highest BCUT2D eigenvalue weighted by molar-refractivity contribution is 7.80. The Bertz CT molecular complexity index is 822. The van der Waals surface area contributed by atoms with Crippen LogP contribution in [0.1, 0.15) is 10.4 Å². The van der Waals surface area contributed by atoms with E-state index in [1.807, 2.05) is 6.07 Å². The van der Waals surface area contributed by atoms with Crippen molar-refractivity contribution in [3.05, 3.63) is 60.2 Å². The van der Waals surface area contributed by atoms with Crippen LogP contribution >= 0.6 is 7.44 Å². The van der Waals surface area contributed by atoms with Gasteiger partial charge in [-0.15, -0.1) is 0 Å². The second-order valence-corrected chi connectivity index (χ2v) is 7.90. The smallest absolute Gasteiger partial charge is 0.316 e. The number of rotatable bonds is 2. The van der Waals surface area contributed by atoms with Crippen molar-refractivity contribution in [2.24, 2.45) is 0 Å². The van der Waals surface area contributed by atoms with Crippen molar-refractivity contribution in [3.8, 4) is 0 Å². The molecule has 0 saturated carbocycles. The average molecular weight is 329 g/mol. The molecule has 1 aliphatic rings. The molecule has 2 aromatic rings. The molecule has 6 nitrogen and oxygen atoms in total. The lowest BCUT2D eigenvalue weighted by Gasteiger charge is -2.39. The predicted molar refractivity (Wildman–Crippen MR) is 90.0 cm³/mol. The fourth-order valence-corrected chi connectivity index (χ4v) is 4.61. The lowest BCUT2D eigenvalue weighted by atomic mass is 10.1. The number of carbonyl (C=O) groups is 2. The number of carbonyl (C=O) groups excluding carboxylic acids is 2. The van der Waals surface area contributed by atoms with Crippen LogP contribution in [0.15, 0.2) is 54.6 Å². The van der Waals surface area contributed by atoms with E-state index in [0.717, 1.165) is 4.67 Å². The van der Waals surface area contributed by atoms with Gasteiger partial charge in [0.05, 0.1) is 11.3 Å². The van der Waals surface area contributed by atoms with Gasteiger partial charge in [0, 0.05) is 19.8 Å². The van der Waals surface area contributed by atoms with Crippen LogP contribution in [0.5, 0.6) is 0 Å². The molecule has 1 N–H and O–H groups in total. The number of hydrogen-bond acceptors (Lipinski definition) is 3. The first-order valence-corrected chi connectivity index (χ1v) is 8.66. The first-order chi connectivity index (χ1) is 11.0. The fraction of sp³-hybridized carbons (Fsp3) is 0.125. The predicted octanol–water partition coefficient (Wildman–Crippen LogP) is 3.63. The third kappa shape index (κ3) is 2.32. The lowest BCUT2D eigenvalue weighted by Crippen LogP contribution is -2.41. The van der Waals surface area contributed by atoms with Crippen molar-refractivity contribution in [2.75, 3.05) is 24.1 Å². The molecule has 1 aliphatic heterocycles. The number of hydrogen-bond donors (Lipinski definition) is 1. The second-order valence-electron chi connectivity index (χ2n) is 5.21. The molecule has 0 spiro atoms. The fourth-order valence-electron chi connectivity index (χ4n) is 2.57. The third-order valence-corrected chi connectivity index (χ3v) is 6.54. The largest absolute Gasteiger partial charge is 0.351 e. The molecule has 23 heavy (non-hydrogen) atoms. The molecule has 0 saturated heterocycles. The summed E-state index contributed by atoms with van der Waals surface area (Å²) in [5.74, 6) is -0.426. The van der Waals surface area contributed by atoms with E-state index in [1.165, 1.54) is 11.7 Å². The van der Waals surface area contributed by atoms with Crippen LogP contribution in [0.4, 0.5) is 16.2 Å². The van der Waals surface area contributed by atoms with Crippen LogP contribution in [-0.2, 0) is 4.57 Å². The summed E-state index contributed by atoms with van der Waals surface area (Å²) >= 11 is 0. The number of nitrogens with zero attached hydrogens (tertiary/aromatic N) is 2. The Hall–Kier alpha value is -2.59. The Kier molecular flexibility index (Phi) is 3.70. The Labute approximate surface area is 134 Å². The van der Waals surface area contributed by atoms with E-state index in [4.69, 9.17) is 0 Å². The molecular weight excluding hydrogens is 313 g/mol. The molecule has 0 bridgehead atoms. The van der Waals surface area contributed by atoms with Crippen molar-refractivity contribution in [1.29, 1.82) is 0 Å². The number of benzene rings is 2. The van der Waals surface area contributed by atoms with E-state index in [9.17, 15) is 14.2 Å². The van der Waals surface area contributed by atoms with Crippen LogP contribution in [0, 0.1) is 0 Å². The second kappa shape index (κ2) is 5.56. The minimum atomic E-state index is -3.77. The summed E-state index contributed by atoms with van der Waals surface area (Å²) in [5, 5.41) is 2.63. The number of anilines is 2. The molecule has 2 amide bonds. The summed E-state index contributed by atoms with van der Waals surface area (Å²) in [7, 11) is -0.822. The highest BCUT2D eigenvalue weighted by Crippen LogP contribution is 2.58. The molecule has 0 fully saturated rings. The maximum Gasteiger partial charge on any atom is 0.351 e. The van der Waals surface area contributed by atoms with Gasteiger partial charge >= 0.3 is 13.1 Å². The van der Waals surface area contributed by atoms with Crippen molar-refractivity contribution >= 4 is 30.4 Å². The van der Waals surface area contributed by atoms with Gasteiger partial charge in [-0.05, 0) is 24.3 Å². The normalized spacial score (nSPS) is 20.2. The summed E-state index contributed by atoms with van der Waals surface area (Å²) in [5.41, 5.74) is 0.746. The Morgan fingerprint density at radius 1 is 0.957 bits per heavy atom. The maximum atomic E-state index is 13.4. The number of para-hydroxylation sites is 2. The van der Waals surface area contributed by atoms with Gasteiger partial charge in [0.25, 0.3) is 5.91 Å². The zero-order valence-corrected chi connectivity index (χ0v) is 13.7. The maximum absolute atomic E-state index is 13.4. The van der Waals surface area contributed by atoms with Gasteiger partial charge in [-0.25, -0.2) is 0 Å². The molecule has 2 aromatic carbocycles. The van der Waals surface area contributed by atoms with Crippen molar-refractivity contribution in [2.45, 2.75) is 0 Å². The highest BCUT2D eigenvalue weighted by Gasteiger charge is 2.48. The van der Waals surface area contributed by atoms with E-state index in [0.29, 0.717) is 16.9 Å². The minimum absolute atomic E-state index is 0.426. The summed E-state index contributed by atoms with van der Waals surface area (Å²) in [6, 6.07) is 15.6.